The predicted octanol–water partition coefficient (Wildman–Crippen LogP) is 8.68. The predicted molar refractivity (Wildman–Crippen MR) is 139 cm³/mol. The van der Waals surface area contributed by atoms with Gasteiger partial charge in [0, 0.05) is 17.8 Å². The van der Waals surface area contributed by atoms with Crippen LogP contribution < -0.4 is 0 Å². The van der Waals surface area contributed by atoms with Crippen LogP contribution in [0.5, 0.6) is 0 Å². The van der Waals surface area contributed by atoms with E-state index in [1.165, 1.54) is 71.6 Å². The Labute approximate surface area is 193 Å². The minimum atomic E-state index is 1.20. The maximum absolute atomic E-state index is 4.57. The third kappa shape index (κ3) is 2.51. The first-order valence-corrected chi connectivity index (χ1v) is 11.4. The molecular formula is C32H21N. The van der Waals surface area contributed by atoms with Crippen molar-refractivity contribution in [1.82, 2.24) is 4.98 Å². The summed E-state index contributed by atoms with van der Waals surface area (Å²) in [4.78, 5) is 4.57. The van der Waals surface area contributed by atoms with Crippen molar-refractivity contribution >= 4 is 21.5 Å². The average Bonchev–Trinajstić information content (AvgIpc) is 3.21. The lowest BCUT2D eigenvalue weighted by Gasteiger charge is -2.20. The van der Waals surface area contributed by atoms with Gasteiger partial charge in [-0.1, -0.05) is 91.0 Å². The summed E-state index contributed by atoms with van der Waals surface area (Å²) < 4.78 is 0. The summed E-state index contributed by atoms with van der Waals surface area (Å²) in [6, 6.07) is 35.1. The summed E-state index contributed by atoms with van der Waals surface area (Å²) in [6.45, 7) is 2.21. The molecule has 1 heteroatoms. The molecule has 1 heterocycles. The summed E-state index contributed by atoms with van der Waals surface area (Å²) in [5, 5.41) is 5.14. The van der Waals surface area contributed by atoms with Gasteiger partial charge in [-0.05, 0) is 79.2 Å². The number of nitrogens with zero attached hydrogens (tertiary/aromatic N) is 1. The highest BCUT2D eigenvalue weighted by molar-refractivity contribution is 6.27. The molecule has 0 radical (unpaired) electrons. The molecular weight excluding hydrogens is 398 g/mol. The van der Waals surface area contributed by atoms with Crippen molar-refractivity contribution in [3.05, 3.63) is 115 Å². The van der Waals surface area contributed by atoms with Crippen molar-refractivity contribution in [1.29, 1.82) is 0 Å². The minimum Gasteiger partial charge on any atom is -0.264 e. The molecule has 1 aliphatic rings. The van der Waals surface area contributed by atoms with Gasteiger partial charge in [0.2, 0.25) is 0 Å². The zero-order valence-electron chi connectivity index (χ0n) is 18.3. The van der Waals surface area contributed by atoms with Crippen molar-refractivity contribution in [3.63, 3.8) is 0 Å². The zero-order chi connectivity index (χ0) is 21.9. The van der Waals surface area contributed by atoms with Crippen molar-refractivity contribution in [2.75, 3.05) is 0 Å². The van der Waals surface area contributed by atoms with Gasteiger partial charge in [-0.2, -0.15) is 0 Å². The summed E-state index contributed by atoms with van der Waals surface area (Å²) in [5.74, 6) is 0. The number of fused-ring (bicyclic) bond motifs is 4. The summed E-state index contributed by atoms with van der Waals surface area (Å²) >= 11 is 0. The SMILES string of the molecule is Cc1ccc2c3c(cccc13)-c1c-2c(-c2ccccc2)c2cnccc2c1-c1ccccc1. The third-order valence-corrected chi connectivity index (χ3v) is 7.03. The largest absolute Gasteiger partial charge is 0.264 e. The summed E-state index contributed by atoms with van der Waals surface area (Å²) in [6.07, 6.45) is 3.96. The van der Waals surface area contributed by atoms with Crippen LogP contribution in [0.15, 0.2) is 109 Å². The van der Waals surface area contributed by atoms with Crippen LogP contribution in [-0.2, 0) is 0 Å². The second kappa shape index (κ2) is 6.88. The monoisotopic (exact) mass is 419 g/mol. The third-order valence-electron chi connectivity index (χ3n) is 7.03. The fraction of sp³-hybridized carbons (Fsp3) is 0.0312. The Balaban J connectivity index is 1.78. The number of aryl methyl sites for hydroxylation is 1. The van der Waals surface area contributed by atoms with Gasteiger partial charge in [-0.3, -0.25) is 4.98 Å². The van der Waals surface area contributed by atoms with Gasteiger partial charge in [0.1, 0.15) is 0 Å². The van der Waals surface area contributed by atoms with Crippen LogP contribution in [-0.4, -0.2) is 4.98 Å². The van der Waals surface area contributed by atoms with E-state index in [4.69, 9.17) is 0 Å². The van der Waals surface area contributed by atoms with E-state index >= 15 is 0 Å². The highest BCUT2D eigenvalue weighted by atomic mass is 14.6. The topological polar surface area (TPSA) is 12.9 Å². The molecule has 0 spiro atoms. The van der Waals surface area contributed by atoms with Crippen LogP contribution in [0.4, 0.5) is 0 Å². The Morgan fingerprint density at radius 3 is 1.82 bits per heavy atom. The standard InChI is InChI=1S/C32H21N/c1-20-15-16-26-30-23(20)13-8-14-25(30)31-28(21-9-4-2-5-10-21)24-17-18-33-19-27(24)29(32(26)31)22-11-6-3-7-12-22/h2-19H,1H3. The molecule has 1 aromatic heterocycles. The molecule has 0 bridgehead atoms. The number of pyridine rings is 1. The van der Waals surface area contributed by atoms with E-state index < -0.39 is 0 Å². The van der Waals surface area contributed by atoms with Crippen LogP contribution >= 0.6 is 0 Å². The summed E-state index contributed by atoms with van der Waals surface area (Å²) in [7, 11) is 0. The van der Waals surface area contributed by atoms with E-state index in [0.717, 1.165) is 0 Å². The number of benzene rings is 5. The molecule has 33 heavy (non-hydrogen) atoms. The Morgan fingerprint density at radius 2 is 1.12 bits per heavy atom. The zero-order valence-corrected chi connectivity index (χ0v) is 18.3. The lowest BCUT2D eigenvalue weighted by molar-refractivity contribution is 1.36. The van der Waals surface area contributed by atoms with Crippen LogP contribution in [0.3, 0.4) is 0 Å². The fourth-order valence-electron chi connectivity index (χ4n) is 5.65. The molecule has 0 unspecified atom stereocenters. The molecule has 0 aliphatic heterocycles. The second-order valence-electron chi connectivity index (χ2n) is 8.81. The van der Waals surface area contributed by atoms with E-state index in [0.29, 0.717) is 0 Å². The normalized spacial score (nSPS) is 11.8. The smallest absolute Gasteiger partial charge is 0.0353 e. The van der Waals surface area contributed by atoms with Crippen molar-refractivity contribution in [3.8, 4) is 44.5 Å². The first-order chi connectivity index (χ1) is 16.3. The molecule has 0 saturated heterocycles. The van der Waals surface area contributed by atoms with Gasteiger partial charge in [-0.25, -0.2) is 0 Å². The number of hydrogen-bond donors (Lipinski definition) is 0. The molecule has 1 aliphatic carbocycles. The maximum Gasteiger partial charge on any atom is 0.0353 e. The Morgan fingerprint density at radius 1 is 0.485 bits per heavy atom. The number of aromatic nitrogens is 1. The highest BCUT2D eigenvalue weighted by Gasteiger charge is 2.30. The molecule has 6 aromatic rings. The van der Waals surface area contributed by atoms with E-state index in [-0.39, 0.29) is 0 Å². The van der Waals surface area contributed by atoms with Crippen molar-refractivity contribution in [2.45, 2.75) is 6.92 Å². The summed E-state index contributed by atoms with van der Waals surface area (Å²) in [5.41, 5.74) is 11.7. The first kappa shape index (κ1) is 18.4. The van der Waals surface area contributed by atoms with Gasteiger partial charge in [-0.15, -0.1) is 0 Å². The molecule has 0 atom stereocenters. The van der Waals surface area contributed by atoms with E-state index in [2.05, 4.69) is 109 Å². The molecule has 1 nitrogen and oxygen atoms in total. The fourth-order valence-corrected chi connectivity index (χ4v) is 5.65. The Kier molecular flexibility index (Phi) is 3.83. The van der Waals surface area contributed by atoms with E-state index in [1.807, 2.05) is 12.4 Å². The average molecular weight is 420 g/mol. The maximum atomic E-state index is 4.57. The van der Waals surface area contributed by atoms with Crippen LogP contribution in [0.2, 0.25) is 0 Å². The van der Waals surface area contributed by atoms with Crippen molar-refractivity contribution < 1.29 is 0 Å². The van der Waals surface area contributed by atoms with E-state index in [1.54, 1.807) is 0 Å². The van der Waals surface area contributed by atoms with Crippen LogP contribution in [0, 0.1) is 6.92 Å². The molecule has 0 amide bonds. The lowest BCUT2D eigenvalue weighted by Crippen LogP contribution is -1.94. The number of rotatable bonds is 2. The van der Waals surface area contributed by atoms with Crippen molar-refractivity contribution in [2.24, 2.45) is 0 Å². The first-order valence-electron chi connectivity index (χ1n) is 11.4. The number of hydrogen-bond acceptors (Lipinski definition) is 1. The molecule has 0 fully saturated rings. The van der Waals surface area contributed by atoms with E-state index in [9.17, 15) is 0 Å². The minimum absolute atomic E-state index is 1.20. The van der Waals surface area contributed by atoms with Gasteiger partial charge in [0.05, 0.1) is 0 Å². The Hall–Kier alpha value is -4.23. The van der Waals surface area contributed by atoms with Gasteiger partial charge < -0.3 is 0 Å². The lowest BCUT2D eigenvalue weighted by atomic mass is 9.83. The second-order valence-corrected chi connectivity index (χ2v) is 8.81. The quantitative estimate of drug-likeness (QED) is 0.273. The molecule has 0 N–H and O–H groups in total. The molecule has 5 aromatic carbocycles. The molecule has 7 rings (SSSR count). The van der Waals surface area contributed by atoms with Gasteiger partial charge in [0.15, 0.2) is 0 Å². The Bertz CT molecular complexity index is 1600. The van der Waals surface area contributed by atoms with Gasteiger partial charge >= 0.3 is 0 Å². The molecule has 154 valence electrons. The van der Waals surface area contributed by atoms with Crippen LogP contribution in [0.1, 0.15) is 5.56 Å². The molecule has 0 saturated carbocycles. The van der Waals surface area contributed by atoms with Gasteiger partial charge in [0.25, 0.3) is 0 Å². The highest BCUT2D eigenvalue weighted by Crippen LogP contribution is 2.57. The van der Waals surface area contributed by atoms with Crippen LogP contribution in [0.25, 0.3) is 66.1 Å².